The van der Waals surface area contributed by atoms with Gasteiger partial charge in [-0.05, 0) is 42.5 Å². The Labute approximate surface area is 166 Å². The van der Waals surface area contributed by atoms with Gasteiger partial charge in [0.25, 0.3) is 5.91 Å². The van der Waals surface area contributed by atoms with Crippen LogP contribution >= 0.6 is 0 Å². The van der Waals surface area contributed by atoms with Crippen molar-refractivity contribution in [3.63, 3.8) is 0 Å². The van der Waals surface area contributed by atoms with Crippen molar-refractivity contribution in [1.82, 2.24) is 40.6 Å². The van der Waals surface area contributed by atoms with Gasteiger partial charge in [-0.1, -0.05) is 19.1 Å². The van der Waals surface area contributed by atoms with Gasteiger partial charge in [-0.15, -0.1) is 5.10 Å². The van der Waals surface area contributed by atoms with Gasteiger partial charge in [0.1, 0.15) is 5.69 Å². The van der Waals surface area contributed by atoms with Crippen LogP contribution in [0.5, 0.6) is 0 Å². The summed E-state index contributed by atoms with van der Waals surface area (Å²) in [5, 5.41) is 19.6. The van der Waals surface area contributed by atoms with E-state index in [0.717, 1.165) is 18.7 Å². The lowest BCUT2D eigenvalue weighted by molar-refractivity contribution is 0.0944. The summed E-state index contributed by atoms with van der Waals surface area (Å²) in [5.74, 6) is -0.425. The molecule has 0 saturated heterocycles. The van der Waals surface area contributed by atoms with E-state index in [4.69, 9.17) is 5.73 Å². The lowest BCUT2D eigenvalue weighted by atomic mass is 10.2. The van der Waals surface area contributed by atoms with Gasteiger partial charge < -0.3 is 5.73 Å². The highest BCUT2D eigenvalue weighted by Gasteiger charge is 2.25. The van der Waals surface area contributed by atoms with Gasteiger partial charge >= 0.3 is 0 Å². The predicted molar refractivity (Wildman–Crippen MR) is 104 cm³/mol. The van der Waals surface area contributed by atoms with Gasteiger partial charge in [0.15, 0.2) is 5.69 Å². The first-order valence-corrected chi connectivity index (χ1v) is 9.05. The fourth-order valence-corrected chi connectivity index (χ4v) is 2.64. The Balaban J connectivity index is 1.93. The summed E-state index contributed by atoms with van der Waals surface area (Å²) in [6, 6.07) is 3.59. The van der Waals surface area contributed by atoms with Crippen molar-refractivity contribution in [3.05, 3.63) is 41.5 Å². The van der Waals surface area contributed by atoms with Crippen molar-refractivity contribution in [2.24, 2.45) is 5.10 Å². The number of carbonyl (C=O) groups is 1. The van der Waals surface area contributed by atoms with E-state index in [-0.39, 0.29) is 17.3 Å². The lowest BCUT2D eigenvalue weighted by Crippen LogP contribution is -2.27. The minimum absolute atomic E-state index is 0.00481. The molecule has 0 aliphatic rings. The van der Waals surface area contributed by atoms with E-state index in [1.165, 1.54) is 4.68 Å². The molecule has 0 unspecified atom stereocenters. The van der Waals surface area contributed by atoms with Crippen LogP contribution in [-0.4, -0.2) is 59.9 Å². The second kappa shape index (κ2) is 9.01. The first-order chi connectivity index (χ1) is 14.0. The number of hydrazone groups is 1. The molecule has 12 nitrogen and oxygen atoms in total. The molecular formula is C17H22N10O2. The smallest absolute Gasteiger partial charge is 0.292 e. The summed E-state index contributed by atoms with van der Waals surface area (Å²) >= 11 is 0. The molecule has 0 radical (unpaired) electrons. The molecular weight excluding hydrogens is 376 g/mol. The Morgan fingerprint density at radius 3 is 2.62 bits per heavy atom. The minimum Gasteiger partial charge on any atom is -0.378 e. The zero-order valence-electron chi connectivity index (χ0n) is 16.4. The third-order valence-electron chi connectivity index (χ3n) is 4.34. The monoisotopic (exact) mass is 398 g/mol. The van der Waals surface area contributed by atoms with E-state index in [2.05, 4.69) is 45.7 Å². The van der Waals surface area contributed by atoms with Crippen LogP contribution in [0.2, 0.25) is 0 Å². The summed E-state index contributed by atoms with van der Waals surface area (Å²) in [5.41, 5.74) is 10.4. The third-order valence-corrected chi connectivity index (χ3v) is 4.34. The van der Waals surface area contributed by atoms with Gasteiger partial charge in [-0.25, -0.2) is 10.1 Å². The van der Waals surface area contributed by atoms with Crippen molar-refractivity contribution in [2.75, 3.05) is 18.8 Å². The first kappa shape index (κ1) is 20.1. The molecule has 0 spiro atoms. The molecule has 3 aromatic rings. The van der Waals surface area contributed by atoms with Gasteiger partial charge in [0, 0.05) is 24.5 Å². The number of aromatic nitrogens is 6. The lowest BCUT2D eigenvalue weighted by Gasteiger charge is -2.16. The van der Waals surface area contributed by atoms with Crippen LogP contribution < -0.4 is 11.2 Å². The highest BCUT2D eigenvalue weighted by Crippen LogP contribution is 2.17. The number of anilines is 1. The number of nitrogen functional groups attached to an aromatic ring is 1. The van der Waals surface area contributed by atoms with Crippen LogP contribution in [0, 0.1) is 0 Å². The van der Waals surface area contributed by atoms with Crippen LogP contribution in [0.3, 0.4) is 0 Å². The molecule has 0 bridgehead atoms. The molecule has 0 saturated carbocycles. The average Bonchev–Trinajstić information content (AvgIpc) is 3.36. The van der Waals surface area contributed by atoms with Crippen molar-refractivity contribution < 1.29 is 9.42 Å². The average molecular weight is 398 g/mol. The molecule has 12 heteroatoms. The standard InChI is InChI=1S/C17H22N10O2/c1-4-26(5-2)10-13-14(27(25-21-13)16-15(18)23-29-24-16)17(28)22-20-11(3)12-6-8-19-9-7-12/h6-9H,4-5,10H2,1-3H3,(H2,18,23)(H,22,28). The number of rotatable bonds is 8. The third kappa shape index (κ3) is 4.43. The summed E-state index contributed by atoms with van der Waals surface area (Å²) in [4.78, 5) is 19.0. The molecule has 3 rings (SSSR count). The molecule has 29 heavy (non-hydrogen) atoms. The number of hydrogen-bond donors (Lipinski definition) is 2. The quantitative estimate of drug-likeness (QED) is 0.410. The molecule has 0 aromatic carbocycles. The van der Waals surface area contributed by atoms with Crippen molar-refractivity contribution >= 4 is 17.4 Å². The van der Waals surface area contributed by atoms with E-state index < -0.39 is 5.91 Å². The van der Waals surface area contributed by atoms with E-state index in [9.17, 15) is 4.79 Å². The molecule has 0 aliphatic heterocycles. The van der Waals surface area contributed by atoms with Crippen LogP contribution in [0.4, 0.5) is 5.82 Å². The molecule has 0 atom stereocenters. The Morgan fingerprint density at radius 2 is 2.00 bits per heavy atom. The minimum atomic E-state index is -0.507. The number of nitrogens with zero attached hydrogens (tertiary/aromatic N) is 8. The van der Waals surface area contributed by atoms with Crippen molar-refractivity contribution in [2.45, 2.75) is 27.3 Å². The number of nitrogens with two attached hydrogens (primary N) is 1. The largest absolute Gasteiger partial charge is 0.378 e. The summed E-state index contributed by atoms with van der Waals surface area (Å²) in [7, 11) is 0. The van der Waals surface area contributed by atoms with Crippen LogP contribution in [-0.2, 0) is 6.54 Å². The molecule has 0 fully saturated rings. The number of pyridine rings is 1. The van der Waals surface area contributed by atoms with E-state index >= 15 is 0 Å². The summed E-state index contributed by atoms with van der Waals surface area (Å²) in [6.07, 6.45) is 3.30. The molecule has 1 amide bonds. The maximum absolute atomic E-state index is 13.0. The molecule has 3 N–H and O–H groups in total. The summed E-state index contributed by atoms with van der Waals surface area (Å²) in [6.45, 7) is 7.83. The summed E-state index contributed by atoms with van der Waals surface area (Å²) < 4.78 is 5.84. The van der Waals surface area contributed by atoms with Gasteiger partial charge in [0.05, 0.1) is 5.71 Å². The normalized spacial score (nSPS) is 11.8. The number of hydrogen-bond acceptors (Lipinski definition) is 10. The van der Waals surface area contributed by atoms with Crippen LogP contribution in [0.25, 0.3) is 5.82 Å². The Kier molecular flexibility index (Phi) is 6.24. The fraction of sp³-hybridized carbons (Fsp3) is 0.353. The Bertz CT molecular complexity index is 991. The highest BCUT2D eigenvalue weighted by atomic mass is 16.6. The fourth-order valence-electron chi connectivity index (χ4n) is 2.64. The predicted octanol–water partition coefficient (Wildman–Crippen LogP) is 0.623. The Morgan fingerprint density at radius 1 is 1.28 bits per heavy atom. The maximum Gasteiger partial charge on any atom is 0.292 e. The number of nitrogens with one attached hydrogen (secondary N) is 1. The SMILES string of the molecule is CCN(CC)Cc1nnn(-c2nonc2N)c1C(=O)NN=C(C)c1ccncc1. The van der Waals surface area contributed by atoms with Crippen LogP contribution in [0.1, 0.15) is 42.5 Å². The maximum atomic E-state index is 13.0. The number of carbonyl (C=O) groups excluding carboxylic acids is 1. The zero-order chi connectivity index (χ0) is 20.8. The second-order valence-corrected chi connectivity index (χ2v) is 6.11. The highest BCUT2D eigenvalue weighted by molar-refractivity contribution is 6.00. The number of amides is 1. The van der Waals surface area contributed by atoms with Gasteiger partial charge in [0.2, 0.25) is 11.6 Å². The second-order valence-electron chi connectivity index (χ2n) is 6.11. The Hall–Kier alpha value is -3.67. The van der Waals surface area contributed by atoms with Gasteiger partial charge in [-0.2, -0.15) is 9.78 Å². The van der Waals surface area contributed by atoms with Gasteiger partial charge in [-0.3, -0.25) is 14.7 Å². The van der Waals surface area contributed by atoms with E-state index in [1.807, 2.05) is 13.8 Å². The van der Waals surface area contributed by atoms with Crippen LogP contribution in [0.15, 0.2) is 34.3 Å². The molecule has 152 valence electrons. The zero-order valence-corrected chi connectivity index (χ0v) is 16.4. The molecule has 3 heterocycles. The van der Waals surface area contributed by atoms with E-state index in [1.54, 1.807) is 31.5 Å². The molecule has 3 aromatic heterocycles. The van der Waals surface area contributed by atoms with Crippen molar-refractivity contribution in [1.29, 1.82) is 0 Å². The first-order valence-electron chi connectivity index (χ1n) is 9.05. The van der Waals surface area contributed by atoms with Crippen molar-refractivity contribution in [3.8, 4) is 5.82 Å². The molecule has 0 aliphatic carbocycles. The topological polar surface area (TPSA) is 153 Å². The van der Waals surface area contributed by atoms with E-state index in [0.29, 0.717) is 18.0 Å².